The molecule has 7 heteroatoms. The summed E-state index contributed by atoms with van der Waals surface area (Å²) in [6.45, 7) is 6.67. The second-order valence-corrected chi connectivity index (χ2v) is 6.53. The van der Waals surface area contributed by atoms with E-state index in [4.69, 9.17) is 0 Å². The summed E-state index contributed by atoms with van der Waals surface area (Å²) in [5.41, 5.74) is -0.0403. The molecule has 0 saturated carbocycles. The molecule has 1 aliphatic heterocycles. The molecule has 1 unspecified atom stereocenters. The molecule has 0 spiro atoms. The third-order valence-corrected chi connectivity index (χ3v) is 3.37. The van der Waals surface area contributed by atoms with Crippen LogP contribution in [0.4, 0.5) is 14.9 Å². The van der Waals surface area contributed by atoms with Crippen molar-refractivity contribution in [2.45, 2.75) is 39.3 Å². The summed E-state index contributed by atoms with van der Waals surface area (Å²) in [5, 5.41) is 2.71. The third kappa shape index (κ3) is 3.67. The van der Waals surface area contributed by atoms with E-state index in [0.29, 0.717) is 5.69 Å². The largest absolute Gasteiger partial charge is 0.350 e. The molecule has 23 heavy (non-hydrogen) atoms. The molecule has 1 aromatic rings. The van der Waals surface area contributed by atoms with Gasteiger partial charge in [0.1, 0.15) is 18.4 Å². The Morgan fingerprint density at radius 2 is 1.78 bits per heavy atom. The first kappa shape index (κ1) is 16.9. The highest BCUT2D eigenvalue weighted by Gasteiger charge is 2.44. The molecule has 124 valence electrons. The monoisotopic (exact) mass is 321 g/mol. The molecule has 4 amide bonds. The maximum atomic E-state index is 13.0. The normalized spacial score (nSPS) is 18.6. The van der Waals surface area contributed by atoms with Crippen LogP contribution in [0.2, 0.25) is 0 Å². The molecule has 0 aliphatic carbocycles. The second kappa shape index (κ2) is 5.98. The predicted octanol–water partition coefficient (Wildman–Crippen LogP) is 1.90. The summed E-state index contributed by atoms with van der Waals surface area (Å²) in [7, 11) is 0. The fourth-order valence-corrected chi connectivity index (χ4v) is 2.41. The van der Waals surface area contributed by atoms with E-state index in [1.54, 1.807) is 6.92 Å². The van der Waals surface area contributed by atoms with Crippen molar-refractivity contribution in [3.63, 3.8) is 0 Å². The highest BCUT2D eigenvalue weighted by atomic mass is 19.1. The molecule has 1 aliphatic rings. The molecule has 2 rings (SSSR count). The van der Waals surface area contributed by atoms with Gasteiger partial charge in [0.15, 0.2) is 0 Å². The molecule has 6 nitrogen and oxygen atoms in total. The zero-order valence-corrected chi connectivity index (χ0v) is 13.6. The Morgan fingerprint density at radius 3 is 2.30 bits per heavy atom. The average molecular weight is 321 g/mol. The summed E-state index contributed by atoms with van der Waals surface area (Å²) < 4.78 is 13.0. The van der Waals surface area contributed by atoms with Gasteiger partial charge in [-0.25, -0.2) is 9.18 Å². The van der Waals surface area contributed by atoms with E-state index in [0.717, 1.165) is 4.90 Å². The first-order chi connectivity index (χ1) is 10.6. The second-order valence-electron chi connectivity index (χ2n) is 6.53. The van der Waals surface area contributed by atoms with E-state index in [9.17, 15) is 18.8 Å². The van der Waals surface area contributed by atoms with Crippen molar-refractivity contribution in [2.24, 2.45) is 0 Å². The summed E-state index contributed by atoms with van der Waals surface area (Å²) in [6.07, 6.45) is 0. The van der Waals surface area contributed by atoms with Crippen molar-refractivity contribution in [3.05, 3.63) is 30.1 Å². The topological polar surface area (TPSA) is 69.7 Å². The quantitative estimate of drug-likeness (QED) is 0.865. The molecule has 1 heterocycles. The molecule has 1 atom stereocenters. The molecule has 0 radical (unpaired) electrons. The highest BCUT2D eigenvalue weighted by molar-refractivity contribution is 6.15. The van der Waals surface area contributed by atoms with E-state index in [-0.39, 0.29) is 6.54 Å². The molecule has 1 saturated heterocycles. The smallest absolute Gasteiger partial charge is 0.332 e. The number of carbonyl (C=O) groups is 3. The van der Waals surface area contributed by atoms with Crippen LogP contribution in [-0.4, -0.2) is 40.9 Å². The zero-order chi connectivity index (χ0) is 17.4. The minimum Gasteiger partial charge on any atom is -0.350 e. The Balaban J connectivity index is 2.18. The van der Waals surface area contributed by atoms with Gasteiger partial charge in [-0.2, -0.15) is 0 Å². The van der Waals surface area contributed by atoms with E-state index >= 15 is 0 Å². The number of imide groups is 1. The molecule has 1 aromatic carbocycles. The van der Waals surface area contributed by atoms with Gasteiger partial charge in [-0.05, 0) is 52.0 Å². The summed E-state index contributed by atoms with van der Waals surface area (Å²) in [6, 6.07) is 3.96. The number of nitrogens with zero attached hydrogens (tertiary/aromatic N) is 2. The van der Waals surface area contributed by atoms with Gasteiger partial charge in [0.05, 0.1) is 0 Å². The molecular formula is C16H20FN3O3. The molecule has 1 fully saturated rings. The van der Waals surface area contributed by atoms with Crippen LogP contribution in [0.15, 0.2) is 24.3 Å². The molecular weight excluding hydrogens is 301 g/mol. The van der Waals surface area contributed by atoms with Crippen LogP contribution in [0.5, 0.6) is 0 Å². The lowest BCUT2D eigenvalue weighted by molar-refractivity contribution is -0.132. The van der Waals surface area contributed by atoms with Crippen LogP contribution in [-0.2, 0) is 9.59 Å². The number of urea groups is 1. The standard InChI is InChI=1S/C16H20FN3O3/c1-10-14(22)19(9-13(21)18-16(2,3)4)15(23)20(10)12-7-5-11(17)6-8-12/h5-8,10H,9H2,1-4H3,(H,18,21). The Labute approximate surface area is 134 Å². The van der Waals surface area contributed by atoms with Crippen molar-refractivity contribution < 1.29 is 18.8 Å². The van der Waals surface area contributed by atoms with Gasteiger partial charge in [-0.3, -0.25) is 19.4 Å². The van der Waals surface area contributed by atoms with Gasteiger partial charge in [-0.15, -0.1) is 0 Å². The number of halogens is 1. The number of benzene rings is 1. The van der Waals surface area contributed by atoms with Gasteiger partial charge in [0, 0.05) is 11.2 Å². The Kier molecular flexibility index (Phi) is 4.40. The fraction of sp³-hybridized carbons (Fsp3) is 0.438. The molecule has 0 bridgehead atoms. The van der Waals surface area contributed by atoms with Crippen molar-refractivity contribution in [1.29, 1.82) is 0 Å². The Morgan fingerprint density at radius 1 is 1.22 bits per heavy atom. The van der Waals surface area contributed by atoms with E-state index < -0.39 is 35.2 Å². The summed E-state index contributed by atoms with van der Waals surface area (Å²) >= 11 is 0. The number of anilines is 1. The third-order valence-electron chi connectivity index (χ3n) is 3.37. The number of hydrogen-bond acceptors (Lipinski definition) is 3. The SMILES string of the molecule is CC1C(=O)N(CC(=O)NC(C)(C)C)C(=O)N1c1ccc(F)cc1. The van der Waals surface area contributed by atoms with E-state index in [1.165, 1.54) is 29.2 Å². The minimum atomic E-state index is -0.740. The van der Waals surface area contributed by atoms with Crippen LogP contribution >= 0.6 is 0 Å². The van der Waals surface area contributed by atoms with Crippen LogP contribution < -0.4 is 10.2 Å². The average Bonchev–Trinajstić information content (AvgIpc) is 2.62. The van der Waals surface area contributed by atoms with Gasteiger partial charge in [0.2, 0.25) is 5.91 Å². The lowest BCUT2D eigenvalue weighted by Gasteiger charge is -2.22. The van der Waals surface area contributed by atoms with Crippen LogP contribution in [0.1, 0.15) is 27.7 Å². The Bertz CT molecular complexity index is 637. The lowest BCUT2D eigenvalue weighted by Crippen LogP contribution is -2.47. The fourth-order valence-electron chi connectivity index (χ4n) is 2.41. The molecule has 1 N–H and O–H groups in total. The van der Waals surface area contributed by atoms with Gasteiger partial charge >= 0.3 is 6.03 Å². The lowest BCUT2D eigenvalue weighted by atomic mass is 10.1. The summed E-state index contributed by atoms with van der Waals surface area (Å²) in [5.74, 6) is -1.29. The number of amides is 4. The van der Waals surface area contributed by atoms with Crippen LogP contribution in [0, 0.1) is 5.82 Å². The Hall–Kier alpha value is -2.44. The maximum Gasteiger partial charge on any atom is 0.332 e. The molecule has 0 aromatic heterocycles. The predicted molar refractivity (Wildman–Crippen MR) is 83.3 cm³/mol. The van der Waals surface area contributed by atoms with Crippen molar-refractivity contribution >= 4 is 23.5 Å². The number of carbonyl (C=O) groups excluding carboxylic acids is 3. The summed E-state index contributed by atoms with van der Waals surface area (Å²) in [4.78, 5) is 38.9. The number of hydrogen-bond donors (Lipinski definition) is 1. The van der Waals surface area contributed by atoms with Gasteiger partial charge in [-0.1, -0.05) is 0 Å². The number of nitrogens with one attached hydrogen (secondary N) is 1. The van der Waals surface area contributed by atoms with Crippen LogP contribution in [0.25, 0.3) is 0 Å². The van der Waals surface area contributed by atoms with E-state index in [2.05, 4.69) is 5.32 Å². The van der Waals surface area contributed by atoms with Gasteiger partial charge < -0.3 is 5.32 Å². The number of rotatable bonds is 3. The first-order valence-electron chi connectivity index (χ1n) is 7.31. The van der Waals surface area contributed by atoms with Crippen LogP contribution in [0.3, 0.4) is 0 Å². The van der Waals surface area contributed by atoms with Crippen molar-refractivity contribution in [2.75, 3.05) is 11.4 Å². The highest BCUT2D eigenvalue weighted by Crippen LogP contribution is 2.25. The van der Waals surface area contributed by atoms with Crippen molar-refractivity contribution in [1.82, 2.24) is 10.2 Å². The van der Waals surface area contributed by atoms with Crippen molar-refractivity contribution in [3.8, 4) is 0 Å². The first-order valence-corrected chi connectivity index (χ1v) is 7.31. The maximum absolute atomic E-state index is 13.0. The zero-order valence-electron chi connectivity index (χ0n) is 13.6. The van der Waals surface area contributed by atoms with E-state index in [1.807, 2.05) is 20.8 Å². The van der Waals surface area contributed by atoms with Gasteiger partial charge in [0.25, 0.3) is 5.91 Å². The minimum absolute atomic E-state index is 0.336.